The molecule has 0 radical (unpaired) electrons. The molecule has 0 saturated carbocycles. The summed E-state index contributed by atoms with van der Waals surface area (Å²) >= 11 is 0. The van der Waals surface area contributed by atoms with Crippen molar-refractivity contribution < 1.29 is 9.47 Å². The molecule has 2 rings (SSSR count). The molecular formula is C18H24N2O2. The van der Waals surface area contributed by atoms with Gasteiger partial charge in [-0.1, -0.05) is 30.3 Å². The van der Waals surface area contributed by atoms with Crippen LogP contribution in [-0.2, 0) is 4.74 Å². The highest BCUT2D eigenvalue weighted by atomic mass is 16.5. The van der Waals surface area contributed by atoms with Crippen LogP contribution in [0.3, 0.4) is 0 Å². The smallest absolute Gasteiger partial charge is 0.140 e. The minimum atomic E-state index is 0.122. The first-order chi connectivity index (χ1) is 10.7. The Hall–Kier alpha value is -1.91. The Morgan fingerprint density at radius 2 is 1.86 bits per heavy atom. The third-order valence-corrected chi connectivity index (χ3v) is 3.48. The Bertz CT molecular complexity index is 573. The number of pyridine rings is 1. The highest BCUT2D eigenvalue weighted by Crippen LogP contribution is 2.19. The SMILES string of the molecule is COCCNC(COc1ccc(C)nc1C)c1ccccc1. The third-order valence-electron chi connectivity index (χ3n) is 3.48. The van der Waals surface area contributed by atoms with Crippen molar-refractivity contribution in [3.05, 3.63) is 59.4 Å². The minimum absolute atomic E-state index is 0.122. The van der Waals surface area contributed by atoms with Gasteiger partial charge in [-0.2, -0.15) is 0 Å². The second-order valence-electron chi connectivity index (χ2n) is 5.26. The van der Waals surface area contributed by atoms with Gasteiger partial charge in [-0.15, -0.1) is 0 Å². The van der Waals surface area contributed by atoms with Gasteiger partial charge in [0.2, 0.25) is 0 Å². The normalized spacial score (nSPS) is 12.1. The van der Waals surface area contributed by atoms with Crippen molar-refractivity contribution >= 4 is 0 Å². The summed E-state index contributed by atoms with van der Waals surface area (Å²) in [4.78, 5) is 4.43. The lowest BCUT2D eigenvalue weighted by atomic mass is 10.1. The van der Waals surface area contributed by atoms with Gasteiger partial charge < -0.3 is 14.8 Å². The van der Waals surface area contributed by atoms with Crippen molar-refractivity contribution in [2.75, 3.05) is 26.9 Å². The van der Waals surface area contributed by atoms with Crippen molar-refractivity contribution in [3.8, 4) is 5.75 Å². The van der Waals surface area contributed by atoms with Crippen molar-refractivity contribution in [2.24, 2.45) is 0 Å². The van der Waals surface area contributed by atoms with Gasteiger partial charge in [0.25, 0.3) is 0 Å². The molecule has 1 aromatic carbocycles. The Labute approximate surface area is 132 Å². The quantitative estimate of drug-likeness (QED) is 0.761. The summed E-state index contributed by atoms with van der Waals surface area (Å²) in [6.45, 7) is 5.96. The van der Waals surface area contributed by atoms with Gasteiger partial charge in [-0.05, 0) is 31.5 Å². The molecule has 118 valence electrons. The number of benzene rings is 1. The van der Waals surface area contributed by atoms with Crippen LogP contribution in [0.15, 0.2) is 42.5 Å². The fraction of sp³-hybridized carbons (Fsp3) is 0.389. The molecule has 0 spiro atoms. The van der Waals surface area contributed by atoms with Crippen LogP contribution in [0.5, 0.6) is 5.75 Å². The number of methoxy groups -OCH3 is 1. The van der Waals surface area contributed by atoms with Crippen LogP contribution in [0.2, 0.25) is 0 Å². The van der Waals surface area contributed by atoms with E-state index in [2.05, 4.69) is 22.4 Å². The van der Waals surface area contributed by atoms with Gasteiger partial charge in [0, 0.05) is 19.3 Å². The van der Waals surface area contributed by atoms with E-state index in [0.29, 0.717) is 13.2 Å². The highest BCUT2D eigenvalue weighted by molar-refractivity contribution is 5.28. The molecule has 0 aliphatic heterocycles. The molecule has 22 heavy (non-hydrogen) atoms. The molecular weight excluding hydrogens is 276 g/mol. The minimum Gasteiger partial charge on any atom is -0.490 e. The number of hydrogen-bond acceptors (Lipinski definition) is 4. The van der Waals surface area contributed by atoms with Crippen LogP contribution in [0.25, 0.3) is 0 Å². The van der Waals surface area contributed by atoms with Gasteiger partial charge in [0.05, 0.1) is 18.3 Å². The van der Waals surface area contributed by atoms with Crippen LogP contribution >= 0.6 is 0 Å². The lowest BCUT2D eigenvalue weighted by molar-refractivity contribution is 0.187. The topological polar surface area (TPSA) is 43.4 Å². The lowest BCUT2D eigenvalue weighted by Crippen LogP contribution is -2.29. The maximum atomic E-state index is 5.97. The standard InChI is InChI=1S/C18H24N2O2/c1-14-9-10-18(15(2)20-14)22-13-17(19-11-12-21-3)16-7-5-4-6-8-16/h4-10,17,19H,11-13H2,1-3H3. The lowest BCUT2D eigenvalue weighted by Gasteiger charge is -2.20. The molecule has 0 aliphatic rings. The molecule has 1 aromatic heterocycles. The maximum Gasteiger partial charge on any atom is 0.140 e. The van der Waals surface area contributed by atoms with Crippen LogP contribution in [0, 0.1) is 13.8 Å². The van der Waals surface area contributed by atoms with Gasteiger partial charge in [-0.25, -0.2) is 0 Å². The van der Waals surface area contributed by atoms with E-state index in [1.807, 2.05) is 44.2 Å². The van der Waals surface area contributed by atoms with Crippen LogP contribution in [-0.4, -0.2) is 31.9 Å². The van der Waals surface area contributed by atoms with E-state index in [-0.39, 0.29) is 6.04 Å². The summed E-state index contributed by atoms with van der Waals surface area (Å²) in [5, 5.41) is 3.47. The molecule has 1 N–H and O–H groups in total. The molecule has 1 heterocycles. The maximum absolute atomic E-state index is 5.97. The first-order valence-electron chi connectivity index (χ1n) is 7.55. The Morgan fingerprint density at radius 1 is 1.09 bits per heavy atom. The number of ether oxygens (including phenoxy) is 2. The van der Waals surface area contributed by atoms with E-state index < -0.39 is 0 Å². The Balaban J connectivity index is 2.02. The molecule has 0 bridgehead atoms. The first kappa shape index (κ1) is 16.5. The Morgan fingerprint density at radius 3 is 2.55 bits per heavy atom. The van der Waals surface area contributed by atoms with E-state index in [1.54, 1.807) is 7.11 Å². The summed E-state index contributed by atoms with van der Waals surface area (Å²) in [6, 6.07) is 14.4. The second kappa shape index (κ2) is 8.51. The van der Waals surface area contributed by atoms with Crippen LogP contribution < -0.4 is 10.1 Å². The van der Waals surface area contributed by atoms with E-state index >= 15 is 0 Å². The molecule has 0 saturated heterocycles. The van der Waals surface area contributed by atoms with Crippen molar-refractivity contribution in [3.63, 3.8) is 0 Å². The third kappa shape index (κ3) is 4.83. The van der Waals surface area contributed by atoms with E-state index in [9.17, 15) is 0 Å². The zero-order valence-corrected chi connectivity index (χ0v) is 13.5. The molecule has 0 fully saturated rings. The molecule has 1 atom stereocenters. The first-order valence-corrected chi connectivity index (χ1v) is 7.55. The van der Waals surface area contributed by atoms with E-state index in [4.69, 9.17) is 9.47 Å². The average molecular weight is 300 g/mol. The summed E-state index contributed by atoms with van der Waals surface area (Å²) < 4.78 is 11.1. The summed E-state index contributed by atoms with van der Waals surface area (Å²) in [5.74, 6) is 0.833. The molecule has 0 aliphatic carbocycles. The van der Waals surface area contributed by atoms with Crippen molar-refractivity contribution in [2.45, 2.75) is 19.9 Å². The fourth-order valence-electron chi connectivity index (χ4n) is 2.29. The molecule has 4 nitrogen and oxygen atoms in total. The average Bonchev–Trinajstić information content (AvgIpc) is 2.53. The second-order valence-corrected chi connectivity index (χ2v) is 5.26. The number of rotatable bonds is 8. The van der Waals surface area contributed by atoms with Crippen LogP contribution in [0.4, 0.5) is 0 Å². The van der Waals surface area contributed by atoms with Gasteiger partial charge >= 0.3 is 0 Å². The fourth-order valence-corrected chi connectivity index (χ4v) is 2.29. The molecule has 2 aromatic rings. The molecule has 0 amide bonds. The number of aryl methyl sites for hydroxylation is 2. The van der Waals surface area contributed by atoms with E-state index in [1.165, 1.54) is 5.56 Å². The van der Waals surface area contributed by atoms with Gasteiger partial charge in [0.15, 0.2) is 0 Å². The van der Waals surface area contributed by atoms with E-state index in [0.717, 1.165) is 23.7 Å². The van der Waals surface area contributed by atoms with Crippen molar-refractivity contribution in [1.82, 2.24) is 10.3 Å². The highest BCUT2D eigenvalue weighted by Gasteiger charge is 2.12. The predicted octanol–water partition coefficient (Wildman–Crippen LogP) is 3.05. The number of nitrogens with zero attached hydrogens (tertiary/aromatic N) is 1. The Kier molecular flexibility index (Phi) is 6.37. The van der Waals surface area contributed by atoms with Crippen molar-refractivity contribution in [1.29, 1.82) is 0 Å². The molecule has 1 unspecified atom stereocenters. The zero-order chi connectivity index (χ0) is 15.8. The zero-order valence-electron chi connectivity index (χ0n) is 13.5. The summed E-state index contributed by atoms with van der Waals surface area (Å²) in [7, 11) is 1.71. The number of nitrogens with one attached hydrogen (secondary N) is 1. The monoisotopic (exact) mass is 300 g/mol. The number of aromatic nitrogens is 1. The largest absolute Gasteiger partial charge is 0.490 e. The van der Waals surface area contributed by atoms with Gasteiger partial charge in [-0.3, -0.25) is 4.98 Å². The number of hydrogen-bond donors (Lipinski definition) is 1. The van der Waals surface area contributed by atoms with Gasteiger partial charge in [0.1, 0.15) is 12.4 Å². The molecule has 4 heteroatoms. The van der Waals surface area contributed by atoms with Crippen LogP contribution in [0.1, 0.15) is 23.0 Å². The predicted molar refractivity (Wildman–Crippen MR) is 88.3 cm³/mol. The summed E-state index contributed by atoms with van der Waals surface area (Å²) in [6.07, 6.45) is 0. The summed E-state index contributed by atoms with van der Waals surface area (Å²) in [5.41, 5.74) is 3.13.